The second kappa shape index (κ2) is 9.69. The normalized spacial score (nSPS) is 15.4. The van der Waals surface area contributed by atoms with Crippen molar-refractivity contribution < 1.29 is 19.3 Å². The summed E-state index contributed by atoms with van der Waals surface area (Å²) in [7, 11) is 0. The highest BCUT2D eigenvalue weighted by Gasteiger charge is 2.44. The number of benzene rings is 3. The lowest BCUT2D eigenvalue weighted by atomic mass is 10.1. The minimum Gasteiger partial charge on any atom is -0.361 e. The summed E-state index contributed by atoms with van der Waals surface area (Å²) in [6, 6.07) is 19.1. The summed E-state index contributed by atoms with van der Waals surface area (Å²) >= 11 is 0. The van der Waals surface area contributed by atoms with E-state index in [1.807, 2.05) is 49.5 Å². The monoisotopic (exact) mass is 496 g/mol. The Bertz CT molecular complexity index is 1510. The van der Waals surface area contributed by atoms with Crippen molar-refractivity contribution in [3.8, 4) is 0 Å². The molecule has 3 amide bonds. The molecule has 1 aromatic heterocycles. The Labute approximate surface area is 212 Å². The van der Waals surface area contributed by atoms with Crippen LogP contribution in [0.25, 0.3) is 10.9 Å². The molecule has 3 aromatic carbocycles. The number of para-hydroxylation sites is 1. The first-order valence-electron chi connectivity index (χ1n) is 11.9. The molecule has 0 aliphatic carbocycles. The van der Waals surface area contributed by atoms with Gasteiger partial charge in [0.05, 0.1) is 17.0 Å². The summed E-state index contributed by atoms with van der Waals surface area (Å²) < 4.78 is 0. The van der Waals surface area contributed by atoms with Crippen molar-refractivity contribution in [2.75, 3.05) is 11.4 Å². The number of aromatic nitrogens is 1. The fourth-order valence-corrected chi connectivity index (χ4v) is 4.69. The highest BCUT2D eigenvalue weighted by molar-refractivity contribution is 6.23. The van der Waals surface area contributed by atoms with Crippen LogP contribution < -0.4 is 4.90 Å². The first kappa shape index (κ1) is 23.9. The third-order valence-electron chi connectivity index (χ3n) is 6.67. The van der Waals surface area contributed by atoms with Crippen molar-refractivity contribution in [1.82, 2.24) is 9.88 Å². The number of nitro benzene ring substituents is 1. The number of fused-ring (bicyclic) bond motifs is 1. The molecule has 0 bridgehead atoms. The minimum atomic E-state index is -0.985. The van der Waals surface area contributed by atoms with E-state index in [4.69, 9.17) is 0 Å². The topological polar surface area (TPSA) is 117 Å². The van der Waals surface area contributed by atoms with E-state index < -0.39 is 22.8 Å². The summed E-state index contributed by atoms with van der Waals surface area (Å²) in [6.45, 7) is 2.10. The number of hydrogen-bond acceptors (Lipinski definition) is 5. The molecular weight excluding hydrogens is 472 g/mol. The van der Waals surface area contributed by atoms with Crippen LogP contribution >= 0.6 is 0 Å². The third kappa shape index (κ3) is 4.58. The van der Waals surface area contributed by atoms with Gasteiger partial charge in [0.1, 0.15) is 6.04 Å². The molecule has 2 heterocycles. The Hall–Kier alpha value is -4.79. The maximum Gasteiger partial charge on any atom is 0.269 e. The minimum absolute atomic E-state index is 0.139. The number of aromatic amines is 1. The quantitative estimate of drug-likeness (QED) is 0.231. The first-order valence-corrected chi connectivity index (χ1v) is 11.9. The molecule has 9 heteroatoms. The van der Waals surface area contributed by atoms with Gasteiger partial charge in [0.2, 0.25) is 5.91 Å². The second-order valence-corrected chi connectivity index (χ2v) is 9.03. The average Bonchev–Trinajstić information content (AvgIpc) is 3.45. The Morgan fingerprint density at radius 3 is 2.46 bits per heavy atom. The zero-order chi connectivity index (χ0) is 26.1. The molecule has 186 valence electrons. The lowest BCUT2D eigenvalue weighted by Crippen LogP contribution is -2.46. The molecule has 0 spiro atoms. The standard InChI is InChI=1S/C28H24N4O5/c1-18-6-10-21(11-7-18)31-26(33)16-25(28(31)35)30(27(34)19-8-12-22(13-9-19)32(36)37)15-14-20-17-29-24-5-3-2-4-23(20)24/h2-13,17,25,29H,14-16H2,1H3. The van der Waals surface area contributed by atoms with E-state index in [0.717, 1.165) is 26.9 Å². The summed E-state index contributed by atoms with van der Waals surface area (Å²) in [5.41, 5.74) is 3.46. The fourth-order valence-electron chi connectivity index (χ4n) is 4.69. The van der Waals surface area contributed by atoms with Gasteiger partial charge in [-0.25, -0.2) is 4.90 Å². The number of rotatable bonds is 7. The van der Waals surface area contributed by atoms with Crippen molar-refractivity contribution in [2.24, 2.45) is 0 Å². The molecule has 0 radical (unpaired) electrons. The molecule has 4 aromatic rings. The number of nitrogens with one attached hydrogen (secondary N) is 1. The highest BCUT2D eigenvalue weighted by Crippen LogP contribution is 2.28. The number of aryl methyl sites for hydroxylation is 1. The predicted molar refractivity (Wildman–Crippen MR) is 138 cm³/mol. The second-order valence-electron chi connectivity index (χ2n) is 9.03. The summed E-state index contributed by atoms with van der Waals surface area (Å²) in [4.78, 5) is 56.4. The largest absolute Gasteiger partial charge is 0.361 e. The zero-order valence-corrected chi connectivity index (χ0v) is 20.1. The van der Waals surface area contributed by atoms with Crippen LogP contribution in [0.4, 0.5) is 11.4 Å². The predicted octanol–water partition coefficient (Wildman–Crippen LogP) is 4.40. The maximum absolute atomic E-state index is 13.6. The van der Waals surface area contributed by atoms with Gasteiger partial charge in [-0.3, -0.25) is 24.5 Å². The third-order valence-corrected chi connectivity index (χ3v) is 6.67. The Balaban J connectivity index is 1.46. The van der Waals surface area contributed by atoms with Crippen molar-refractivity contribution in [2.45, 2.75) is 25.8 Å². The molecule has 1 aliphatic heterocycles. The number of carbonyl (C=O) groups excluding carboxylic acids is 3. The molecule has 0 saturated carbocycles. The van der Waals surface area contributed by atoms with Crippen LogP contribution in [0.1, 0.15) is 27.9 Å². The molecule has 1 unspecified atom stereocenters. The van der Waals surface area contributed by atoms with E-state index in [1.165, 1.54) is 29.2 Å². The Morgan fingerprint density at radius 2 is 1.76 bits per heavy atom. The van der Waals surface area contributed by atoms with Crippen LogP contribution in [0.5, 0.6) is 0 Å². The van der Waals surface area contributed by atoms with Crippen LogP contribution in [0.15, 0.2) is 79.0 Å². The van der Waals surface area contributed by atoms with Crippen molar-refractivity contribution in [1.29, 1.82) is 0 Å². The number of non-ortho nitro benzene ring substituents is 1. The van der Waals surface area contributed by atoms with Crippen molar-refractivity contribution >= 4 is 40.0 Å². The van der Waals surface area contributed by atoms with Crippen molar-refractivity contribution in [3.63, 3.8) is 0 Å². The molecule has 1 atom stereocenters. The van der Waals surface area contributed by atoms with Gasteiger partial charge in [-0.1, -0.05) is 35.9 Å². The SMILES string of the molecule is Cc1ccc(N2C(=O)CC(N(CCc3c[nH]c4ccccc34)C(=O)c3ccc([N+](=O)[O-])cc3)C2=O)cc1. The van der Waals surface area contributed by atoms with Crippen LogP contribution in [-0.2, 0) is 16.0 Å². The first-order chi connectivity index (χ1) is 17.8. The number of amides is 3. The van der Waals surface area contributed by atoms with E-state index >= 15 is 0 Å². The average molecular weight is 497 g/mol. The number of nitro groups is 1. The molecule has 5 rings (SSSR count). The van der Waals surface area contributed by atoms with Gasteiger partial charge in [0.15, 0.2) is 0 Å². The maximum atomic E-state index is 13.6. The number of anilines is 1. The van der Waals surface area contributed by atoms with E-state index in [1.54, 1.807) is 12.1 Å². The smallest absolute Gasteiger partial charge is 0.269 e. The van der Waals surface area contributed by atoms with Gasteiger partial charge in [-0.2, -0.15) is 0 Å². The number of carbonyl (C=O) groups is 3. The molecule has 1 N–H and O–H groups in total. The Kier molecular flexibility index (Phi) is 6.27. The van der Waals surface area contributed by atoms with Gasteiger partial charge in [0.25, 0.3) is 17.5 Å². The number of imide groups is 1. The van der Waals surface area contributed by atoms with E-state index in [9.17, 15) is 24.5 Å². The molecule has 1 saturated heterocycles. The molecular formula is C28H24N4O5. The molecule has 9 nitrogen and oxygen atoms in total. The number of H-pyrrole nitrogens is 1. The van der Waals surface area contributed by atoms with Crippen LogP contribution in [0.3, 0.4) is 0 Å². The van der Waals surface area contributed by atoms with Crippen LogP contribution in [0, 0.1) is 17.0 Å². The summed E-state index contributed by atoms with van der Waals surface area (Å²) in [6.07, 6.45) is 2.18. The molecule has 37 heavy (non-hydrogen) atoms. The molecule has 1 aliphatic rings. The summed E-state index contributed by atoms with van der Waals surface area (Å²) in [5, 5.41) is 12.1. The van der Waals surface area contributed by atoms with Gasteiger partial charge in [0, 0.05) is 41.3 Å². The molecule has 1 fully saturated rings. The number of hydrogen-bond donors (Lipinski definition) is 1. The van der Waals surface area contributed by atoms with Gasteiger partial charge in [-0.05, 0) is 49.2 Å². The van der Waals surface area contributed by atoms with E-state index in [2.05, 4.69) is 4.98 Å². The van der Waals surface area contributed by atoms with Crippen LogP contribution in [0.2, 0.25) is 0 Å². The fraction of sp³-hybridized carbons (Fsp3) is 0.179. The van der Waals surface area contributed by atoms with Gasteiger partial charge >= 0.3 is 0 Å². The zero-order valence-electron chi connectivity index (χ0n) is 20.1. The van der Waals surface area contributed by atoms with Crippen molar-refractivity contribution in [3.05, 3.63) is 106 Å². The lowest BCUT2D eigenvalue weighted by Gasteiger charge is -2.28. The van der Waals surface area contributed by atoms with Gasteiger partial charge in [-0.15, -0.1) is 0 Å². The van der Waals surface area contributed by atoms with Crippen LogP contribution in [-0.4, -0.2) is 45.1 Å². The van der Waals surface area contributed by atoms with E-state index in [-0.39, 0.29) is 30.1 Å². The Morgan fingerprint density at radius 1 is 1.05 bits per heavy atom. The lowest BCUT2D eigenvalue weighted by molar-refractivity contribution is -0.384. The number of nitrogens with zero attached hydrogens (tertiary/aromatic N) is 3. The van der Waals surface area contributed by atoms with Gasteiger partial charge < -0.3 is 9.88 Å². The summed E-state index contributed by atoms with van der Waals surface area (Å²) in [5.74, 6) is -1.32. The highest BCUT2D eigenvalue weighted by atomic mass is 16.6. The van der Waals surface area contributed by atoms with E-state index in [0.29, 0.717) is 12.1 Å².